The third-order valence-corrected chi connectivity index (χ3v) is 4.90. The van der Waals surface area contributed by atoms with Crippen LogP contribution in [-0.2, 0) is 5.75 Å². The number of amides is 1. The molecular formula is C19H21NO2S. The fraction of sp³-hybridized carbons (Fsp3) is 0.316. The number of nitrogens with one attached hydrogen (secondary N) is 1. The van der Waals surface area contributed by atoms with Crippen molar-refractivity contribution in [1.29, 1.82) is 0 Å². The molecule has 120 valence electrons. The number of hydrogen-bond acceptors (Lipinski definition) is 3. The van der Waals surface area contributed by atoms with E-state index >= 15 is 0 Å². The van der Waals surface area contributed by atoms with Gasteiger partial charge in [0, 0.05) is 23.3 Å². The van der Waals surface area contributed by atoms with Crippen LogP contribution < -0.4 is 10.1 Å². The minimum Gasteiger partial charge on any atom is -0.493 e. The summed E-state index contributed by atoms with van der Waals surface area (Å²) in [6.45, 7) is 2.79. The Labute approximate surface area is 141 Å². The van der Waals surface area contributed by atoms with E-state index in [4.69, 9.17) is 4.74 Å². The number of rotatable bonds is 5. The van der Waals surface area contributed by atoms with Crippen molar-refractivity contribution in [1.82, 2.24) is 5.32 Å². The van der Waals surface area contributed by atoms with Crippen molar-refractivity contribution in [3.63, 3.8) is 0 Å². The summed E-state index contributed by atoms with van der Waals surface area (Å²) in [5.41, 5.74) is 3.02. The topological polar surface area (TPSA) is 38.3 Å². The molecule has 0 saturated heterocycles. The summed E-state index contributed by atoms with van der Waals surface area (Å²) in [6, 6.07) is 15.8. The lowest BCUT2D eigenvalue weighted by Crippen LogP contribution is -2.32. The maximum Gasteiger partial charge on any atom is 0.251 e. The molecule has 1 N–H and O–H groups in total. The third-order valence-electron chi connectivity index (χ3n) is 3.95. The van der Waals surface area contributed by atoms with Crippen molar-refractivity contribution in [3.8, 4) is 5.75 Å². The lowest BCUT2D eigenvalue weighted by atomic mass is 10.00. The zero-order valence-corrected chi connectivity index (χ0v) is 14.1. The summed E-state index contributed by atoms with van der Waals surface area (Å²) in [4.78, 5) is 12.5. The van der Waals surface area contributed by atoms with Gasteiger partial charge in [-0.1, -0.05) is 37.3 Å². The molecule has 0 radical (unpaired) electrons. The molecule has 0 aromatic heterocycles. The quantitative estimate of drug-likeness (QED) is 0.895. The number of fused-ring (bicyclic) bond motifs is 1. The Kier molecular flexibility index (Phi) is 5.23. The van der Waals surface area contributed by atoms with E-state index in [1.165, 1.54) is 5.56 Å². The summed E-state index contributed by atoms with van der Waals surface area (Å²) in [6.07, 6.45) is 0.800. The van der Waals surface area contributed by atoms with Gasteiger partial charge in [-0.05, 0) is 29.5 Å². The van der Waals surface area contributed by atoms with Crippen molar-refractivity contribution in [2.75, 3.05) is 12.4 Å². The van der Waals surface area contributed by atoms with Crippen LogP contribution in [0, 0.1) is 0 Å². The van der Waals surface area contributed by atoms with E-state index in [1.807, 2.05) is 60.3 Å². The van der Waals surface area contributed by atoms with Crippen LogP contribution in [0.1, 0.15) is 40.9 Å². The van der Waals surface area contributed by atoms with Crippen LogP contribution in [0.5, 0.6) is 5.75 Å². The van der Waals surface area contributed by atoms with Crippen molar-refractivity contribution in [2.45, 2.75) is 25.1 Å². The molecule has 0 bridgehead atoms. The molecule has 0 unspecified atom stereocenters. The predicted molar refractivity (Wildman–Crippen MR) is 95.0 cm³/mol. The van der Waals surface area contributed by atoms with Crippen LogP contribution in [0.3, 0.4) is 0 Å². The van der Waals surface area contributed by atoms with Crippen LogP contribution in [-0.4, -0.2) is 18.3 Å². The molecule has 1 aliphatic heterocycles. The minimum atomic E-state index is -0.0265. The molecular weight excluding hydrogens is 306 g/mol. The second-order valence-corrected chi connectivity index (χ2v) is 6.81. The Balaban J connectivity index is 1.68. The highest BCUT2D eigenvalue weighted by molar-refractivity contribution is 7.98. The van der Waals surface area contributed by atoms with E-state index < -0.39 is 0 Å². The number of benzene rings is 2. The molecule has 1 heterocycles. The van der Waals surface area contributed by atoms with Crippen LogP contribution in [0.15, 0.2) is 48.5 Å². The van der Waals surface area contributed by atoms with Gasteiger partial charge < -0.3 is 10.1 Å². The van der Waals surface area contributed by atoms with Crippen molar-refractivity contribution < 1.29 is 9.53 Å². The van der Waals surface area contributed by atoms with Crippen molar-refractivity contribution >= 4 is 17.7 Å². The Hall–Kier alpha value is -1.94. The molecule has 4 heteroatoms. The highest BCUT2D eigenvalue weighted by atomic mass is 32.2. The van der Waals surface area contributed by atoms with Gasteiger partial charge in [-0.2, -0.15) is 11.8 Å². The summed E-state index contributed by atoms with van der Waals surface area (Å²) in [5, 5.41) is 3.13. The second kappa shape index (κ2) is 7.55. The summed E-state index contributed by atoms with van der Waals surface area (Å²) in [7, 11) is 0. The molecule has 0 aliphatic carbocycles. The highest BCUT2D eigenvalue weighted by Gasteiger charge is 2.22. The zero-order chi connectivity index (χ0) is 16.1. The SMILES string of the molecule is CCSCc1ccc(C(=O)N[C@@H]2CCOc3ccccc32)cc1. The van der Waals surface area contributed by atoms with E-state index in [-0.39, 0.29) is 11.9 Å². The molecule has 23 heavy (non-hydrogen) atoms. The average Bonchev–Trinajstić information content (AvgIpc) is 2.60. The van der Waals surface area contributed by atoms with Crippen molar-refractivity contribution in [3.05, 3.63) is 65.2 Å². The Morgan fingerprint density at radius 1 is 1.22 bits per heavy atom. The highest BCUT2D eigenvalue weighted by Crippen LogP contribution is 2.31. The van der Waals surface area contributed by atoms with Crippen molar-refractivity contribution in [2.24, 2.45) is 0 Å². The summed E-state index contributed by atoms with van der Waals surface area (Å²) in [5.74, 6) is 2.94. The molecule has 2 aromatic rings. The van der Waals surface area contributed by atoms with E-state index in [2.05, 4.69) is 12.2 Å². The third kappa shape index (κ3) is 3.88. The van der Waals surface area contributed by atoms with Crippen LogP contribution in [0.2, 0.25) is 0 Å². The zero-order valence-electron chi connectivity index (χ0n) is 13.2. The normalized spacial score (nSPS) is 16.3. The van der Waals surface area contributed by atoms with Gasteiger partial charge in [0.05, 0.1) is 12.6 Å². The van der Waals surface area contributed by atoms with E-state index in [0.717, 1.165) is 29.2 Å². The van der Waals surface area contributed by atoms with Gasteiger partial charge in [0.25, 0.3) is 5.91 Å². The maximum atomic E-state index is 12.5. The van der Waals surface area contributed by atoms with Gasteiger partial charge in [-0.15, -0.1) is 0 Å². The van der Waals surface area contributed by atoms with E-state index in [0.29, 0.717) is 12.2 Å². The van der Waals surface area contributed by atoms with Gasteiger partial charge >= 0.3 is 0 Å². The van der Waals surface area contributed by atoms with Gasteiger partial charge in [0.1, 0.15) is 5.75 Å². The second-order valence-electron chi connectivity index (χ2n) is 5.54. The molecule has 0 fully saturated rings. The largest absolute Gasteiger partial charge is 0.493 e. The maximum absolute atomic E-state index is 12.5. The van der Waals surface area contributed by atoms with Crippen LogP contribution in [0.25, 0.3) is 0 Å². The first-order valence-electron chi connectivity index (χ1n) is 7.97. The van der Waals surface area contributed by atoms with E-state index in [9.17, 15) is 4.79 Å². The average molecular weight is 327 g/mol. The standard InChI is InChI=1S/C19H21NO2S/c1-2-23-13-14-7-9-15(10-8-14)19(21)20-17-11-12-22-18-6-4-3-5-16(17)18/h3-10,17H,2,11-13H2,1H3,(H,20,21)/t17-/m1/s1. The molecule has 0 saturated carbocycles. The molecule has 1 amide bonds. The van der Waals surface area contributed by atoms with Crippen LogP contribution >= 0.6 is 11.8 Å². The molecule has 3 nitrogen and oxygen atoms in total. The smallest absolute Gasteiger partial charge is 0.251 e. The first-order valence-corrected chi connectivity index (χ1v) is 9.12. The van der Waals surface area contributed by atoms with Gasteiger partial charge in [-0.25, -0.2) is 0 Å². The number of hydrogen-bond donors (Lipinski definition) is 1. The fourth-order valence-corrected chi connectivity index (χ4v) is 3.34. The number of carbonyl (C=O) groups excluding carboxylic acids is 1. The summed E-state index contributed by atoms with van der Waals surface area (Å²) < 4.78 is 5.64. The molecule has 3 rings (SSSR count). The molecule has 0 spiro atoms. The van der Waals surface area contributed by atoms with E-state index in [1.54, 1.807) is 0 Å². The molecule has 1 atom stereocenters. The fourth-order valence-electron chi connectivity index (χ4n) is 2.71. The Morgan fingerprint density at radius 3 is 2.78 bits per heavy atom. The summed E-state index contributed by atoms with van der Waals surface area (Å²) >= 11 is 1.88. The number of ether oxygens (including phenoxy) is 1. The van der Waals surface area contributed by atoms with Gasteiger partial charge in [0.15, 0.2) is 0 Å². The van der Waals surface area contributed by atoms with Gasteiger partial charge in [0.2, 0.25) is 0 Å². The predicted octanol–water partition coefficient (Wildman–Crippen LogP) is 4.19. The Bertz CT molecular complexity index is 669. The molecule has 1 aliphatic rings. The van der Waals surface area contributed by atoms with Crippen LogP contribution in [0.4, 0.5) is 0 Å². The van der Waals surface area contributed by atoms with Gasteiger partial charge in [-0.3, -0.25) is 4.79 Å². The number of carbonyl (C=O) groups is 1. The minimum absolute atomic E-state index is 0.0165. The number of para-hydroxylation sites is 1. The molecule has 2 aromatic carbocycles. The monoisotopic (exact) mass is 327 g/mol. The Morgan fingerprint density at radius 2 is 2.00 bits per heavy atom. The lowest BCUT2D eigenvalue weighted by Gasteiger charge is -2.26. The number of thioether (sulfide) groups is 1. The first-order chi connectivity index (χ1) is 11.3. The lowest BCUT2D eigenvalue weighted by molar-refractivity contribution is 0.0925. The first kappa shape index (κ1) is 15.9.